The van der Waals surface area contributed by atoms with Gasteiger partial charge >= 0.3 is 0 Å². The van der Waals surface area contributed by atoms with Crippen LogP contribution in [0.25, 0.3) is 5.69 Å². The highest BCUT2D eigenvalue weighted by molar-refractivity contribution is 9.10. The van der Waals surface area contributed by atoms with Crippen LogP contribution in [0.3, 0.4) is 0 Å². The van der Waals surface area contributed by atoms with Gasteiger partial charge in [0, 0.05) is 0 Å². The van der Waals surface area contributed by atoms with Crippen molar-refractivity contribution in [2.75, 3.05) is 0 Å². The largest absolute Gasteiger partial charge is 0.227 e. The molecule has 0 unspecified atom stereocenters. The predicted molar refractivity (Wildman–Crippen MR) is 56.0 cm³/mol. The number of benzene rings is 1. The minimum atomic E-state index is 0.630. The molecule has 4 heteroatoms. The standard InChI is InChI=1S/C10H6BrN3/c11-10-4-5-13-14(10)9-3-1-2-8(6-9)7-12/h1-6H. The van der Waals surface area contributed by atoms with Crippen LogP contribution in [0.15, 0.2) is 41.1 Å². The van der Waals surface area contributed by atoms with Crippen molar-refractivity contribution in [2.24, 2.45) is 0 Å². The Labute approximate surface area is 89.7 Å². The summed E-state index contributed by atoms with van der Waals surface area (Å²) in [7, 11) is 0. The van der Waals surface area contributed by atoms with Gasteiger partial charge in [-0.15, -0.1) is 0 Å². The number of halogens is 1. The van der Waals surface area contributed by atoms with Crippen LogP contribution in [-0.4, -0.2) is 9.78 Å². The van der Waals surface area contributed by atoms with Gasteiger partial charge in [-0.2, -0.15) is 10.4 Å². The fourth-order valence-electron chi connectivity index (χ4n) is 1.18. The highest BCUT2D eigenvalue weighted by atomic mass is 79.9. The first-order valence-electron chi connectivity index (χ1n) is 4.01. The number of nitrogens with zero attached hydrogens (tertiary/aromatic N) is 3. The molecule has 1 aromatic heterocycles. The molecule has 0 saturated heterocycles. The number of hydrogen-bond acceptors (Lipinski definition) is 2. The minimum absolute atomic E-state index is 0.630. The number of nitriles is 1. The van der Waals surface area contributed by atoms with Gasteiger partial charge in [-0.05, 0) is 40.2 Å². The maximum absolute atomic E-state index is 8.74. The lowest BCUT2D eigenvalue weighted by atomic mass is 10.2. The molecule has 0 saturated carbocycles. The summed E-state index contributed by atoms with van der Waals surface area (Å²) >= 11 is 3.37. The predicted octanol–water partition coefficient (Wildman–Crippen LogP) is 2.51. The lowest BCUT2D eigenvalue weighted by Crippen LogP contribution is -1.96. The molecule has 0 bridgehead atoms. The molecule has 2 aromatic rings. The number of aromatic nitrogens is 2. The molecule has 0 fully saturated rings. The van der Waals surface area contributed by atoms with E-state index in [4.69, 9.17) is 5.26 Å². The van der Waals surface area contributed by atoms with E-state index in [2.05, 4.69) is 27.1 Å². The average Bonchev–Trinajstić information content (AvgIpc) is 2.65. The summed E-state index contributed by atoms with van der Waals surface area (Å²) in [5.41, 5.74) is 1.51. The lowest BCUT2D eigenvalue weighted by molar-refractivity contribution is 0.860. The highest BCUT2D eigenvalue weighted by Gasteiger charge is 2.01. The monoisotopic (exact) mass is 247 g/mol. The zero-order valence-corrected chi connectivity index (χ0v) is 8.77. The Bertz CT molecular complexity index is 496. The summed E-state index contributed by atoms with van der Waals surface area (Å²) in [6.45, 7) is 0. The Balaban J connectivity index is 2.53. The molecule has 1 aromatic carbocycles. The second-order valence-electron chi connectivity index (χ2n) is 2.73. The van der Waals surface area contributed by atoms with E-state index in [-0.39, 0.29) is 0 Å². The molecular weight excluding hydrogens is 242 g/mol. The molecule has 0 aliphatic heterocycles. The highest BCUT2D eigenvalue weighted by Crippen LogP contribution is 2.16. The first-order valence-corrected chi connectivity index (χ1v) is 4.80. The normalized spacial score (nSPS) is 9.71. The van der Waals surface area contributed by atoms with Gasteiger partial charge in [-0.3, -0.25) is 0 Å². The molecule has 0 aliphatic rings. The molecule has 0 amide bonds. The van der Waals surface area contributed by atoms with E-state index in [0.717, 1.165) is 10.3 Å². The SMILES string of the molecule is N#Cc1cccc(-n2nccc2Br)c1. The van der Waals surface area contributed by atoms with Crippen molar-refractivity contribution in [1.29, 1.82) is 5.26 Å². The van der Waals surface area contributed by atoms with Crippen LogP contribution in [-0.2, 0) is 0 Å². The van der Waals surface area contributed by atoms with Gasteiger partial charge in [0.15, 0.2) is 0 Å². The van der Waals surface area contributed by atoms with Crippen molar-refractivity contribution in [3.8, 4) is 11.8 Å². The third-order valence-corrected chi connectivity index (χ3v) is 2.42. The van der Waals surface area contributed by atoms with Gasteiger partial charge in [-0.25, -0.2) is 4.68 Å². The van der Waals surface area contributed by atoms with Crippen LogP contribution in [0.1, 0.15) is 5.56 Å². The van der Waals surface area contributed by atoms with E-state index in [1.165, 1.54) is 0 Å². The number of rotatable bonds is 1. The fourth-order valence-corrected chi connectivity index (χ4v) is 1.60. The van der Waals surface area contributed by atoms with Gasteiger partial charge in [0.05, 0.1) is 23.5 Å². The van der Waals surface area contributed by atoms with Crippen molar-refractivity contribution >= 4 is 15.9 Å². The Kier molecular flexibility index (Phi) is 2.33. The number of hydrogen-bond donors (Lipinski definition) is 0. The second-order valence-corrected chi connectivity index (χ2v) is 3.54. The summed E-state index contributed by atoms with van der Waals surface area (Å²) < 4.78 is 2.59. The maximum atomic E-state index is 8.74. The topological polar surface area (TPSA) is 41.6 Å². The van der Waals surface area contributed by atoms with Crippen molar-refractivity contribution in [3.05, 3.63) is 46.7 Å². The van der Waals surface area contributed by atoms with Crippen LogP contribution in [0.4, 0.5) is 0 Å². The molecule has 1 heterocycles. The summed E-state index contributed by atoms with van der Waals surface area (Å²) in [4.78, 5) is 0. The van der Waals surface area contributed by atoms with Gasteiger partial charge in [0.2, 0.25) is 0 Å². The van der Waals surface area contributed by atoms with E-state index >= 15 is 0 Å². The van der Waals surface area contributed by atoms with Gasteiger partial charge < -0.3 is 0 Å². The van der Waals surface area contributed by atoms with Crippen LogP contribution in [0, 0.1) is 11.3 Å². The summed E-state index contributed by atoms with van der Waals surface area (Å²) in [6, 6.07) is 11.2. The zero-order chi connectivity index (χ0) is 9.97. The molecule has 2 rings (SSSR count). The van der Waals surface area contributed by atoms with Gasteiger partial charge in [-0.1, -0.05) is 6.07 Å². The molecule has 0 atom stereocenters. The molecule has 68 valence electrons. The summed E-state index contributed by atoms with van der Waals surface area (Å²) in [5.74, 6) is 0. The van der Waals surface area contributed by atoms with Crippen molar-refractivity contribution in [3.63, 3.8) is 0 Å². The van der Waals surface area contributed by atoms with E-state index in [1.807, 2.05) is 18.2 Å². The molecular formula is C10H6BrN3. The van der Waals surface area contributed by atoms with E-state index in [9.17, 15) is 0 Å². The summed E-state index contributed by atoms with van der Waals surface area (Å²) in [6.07, 6.45) is 1.70. The Morgan fingerprint density at radius 3 is 2.86 bits per heavy atom. The van der Waals surface area contributed by atoms with E-state index < -0.39 is 0 Å². The Morgan fingerprint density at radius 1 is 1.36 bits per heavy atom. The van der Waals surface area contributed by atoms with Crippen LogP contribution in [0.5, 0.6) is 0 Å². The van der Waals surface area contributed by atoms with Crippen molar-refractivity contribution in [1.82, 2.24) is 9.78 Å². The zero-order valence-electron chi connectivity index (χ0n) is 7.18. The van der Waals surface area contributed by atoms with Crippen LogP contribution < -0.4 is 0 Å². The second kappa shape index (κ2) is 3.64. The lowest BCUT2D eigenvalue weighted by Gasteiger charge is -2.02. The molecule has 0 radical (unpaired) electrons. The minimum Gasteiger partial charge on any atom is -0.227 e. The third kappa shape index (κ3) is 1.54. The molecule has 0 N–H and O–H groups in total. The first-order chi connectivity index (χ1) is 6.81. The Morgan fingerprint density at radius 2 is 2.21 bits per heavy atom. The quantitative estimate of drug-likeness (QED) is 0.777. The van der Waals surface area contributed by atoms with Gasteiger partial charge in [0.1, 0.15) is 4.60 Å². The molecule has 0 aliphatic carbocycles. The van der Waals surface area contributed by atoms with Crippen molar-refractivity contribution < 1.29 is 0 Å². The average molecular weight is 248 g/mol. The van der Waals surface area contributed by atoms with E-state index in [1.54, 1.807) is 23.0 Å². The van der Waals surface area contributed by atoms with Crippen LogP contribution in [0.2, 0.25) is 0 Å². The first kappa shape index (κ1) is 8.97. The molecule has 0 spiro atoms. The van der Waals surface area contributed by atoms with Crippen LogP contribution >= 0.6 is 15.9 Å². The van der Waals surface area contributed by atoms with E-state index in [0.29, 0.717) is 5.56 Å². The molecule has 3 nitrogen and oxygen atoms in total. The molecule has 14 heavy (non-hydrogen) atoms. The third-order valence-electron chi connectivity index (χ3n) is 1.82. The smallest absolute Gasteiger partial charge is 0.109 e. The Hall–Kier alpha value is -1.60. The van der Waals surface area contributed by atoms with Crippen molar-refractivity contribution in [2.45, 2.75) is 0 Å². The van der Waals surface area contributed by atoms with Gasteiger partial charge in [0.25, 0.3) is 0 Å². The fraction of sp³-hybridized carbons (Fsp3) is 0. The summed E-state index contributed by atoms with van der Waals surface area (Å²) in [5, 5.41) is 12.9. The maximum Gasteiger partial charge on any atom is 0.109 e.